The first-order chi connectivity index (χ1) is 10.7. The molecule has 110 valence electrons. The number of rotatable bonds is 4. The molecule has 2 aromatic carbocycles. The summed E-state index contributed by atoms with van der Waals surface area (Å²) in [7, 11) is 0. The summed E-state index contributed by atoms with van der Waals surface area (Å²) in [4.78, 5) is 11.0. The summed E-state index contributed by atoms with van der Waals surface area (Å²) in [5, 5.41) is 15.9. The molecule has 0 spiro atoms. The molecule has 0 unspecified atom stereocenters. The molecule has 0 saturated carbocycles. The Balaban J connectivity index is 1.96. The van der Waals surface area contributed by atoms with E-state index in [0.717, 1.165) is 11.1 Å². The topological polar surface area (TPSA) is 67.2 Å². The Morgan fingerprint density at radius 2 is 1.68 bits per heavy atom. The molecule has 0 fully saturated rings. The number of amides is 1. The van der Waals surface area contributed by atoms with Crippen LogP contribution < -0.4 is 5.32 Å². The molecule has 5 nitrogen and oxygen atoms in total. The van der Waals surface area contributed by atoms with Gasteiger partial charge in [-0.25, -0.2) is 4.79 Å². The van der Waals surface area contributed by atoms with Gasteiger partial charge in [-0.3, -0.25) is 10.00 Å². The molecule has 2 N–H and O–H groups in total. The molecule has 3 rings (SSSR count). The second-order valence-electron chi connectivity index (χ2n) is 4.87. The minimum absolute atomic E-state index is 0.481. The van der Waals surface area contributed by atoms with E-state index in [2.05, 4.69) is 10.4 Å². The monoisotopic (exact) mass is 293 g/mol. The largest absolute Gasteiger partial charge is 0.465 e. The van der Waals surface area contributed by atoms with Crippen molar-refractivity contribution < 1.29 is 9.90 Å². The zero-order valence-electron chi connectivity index (χ0n) is 11.8. The molecule has 1 amide bonds. The van der Waals surface area contributed by atoms with Crippen molar-refractivity contribution in [1.82, 2.24) is 9.78 Å². The van der Waals surface area contributed by atoms with Crippen LogP contribution in [0.4, 0.5) is 10.5 Å². The number of benzene rings is 2. The molecule has 1 heterocycles. The van der Waals surface area contributed by atoms with Crippen LogP contribution in [0.25, 0.3) is 11.3 Å². The Bertz CT molecular complexity index is 767. The third-order valence-corrected chi connectivity index (χ3v) is 3.24. The van der Waals surface area contributed by atoms with E-state index in [4.69, 9.17) is 5.11 Å². The lowest BCUT2D eigenvalue weighted by molar-refractivity contribution is 0.210. The van der Waals surface area contributed by atoms with Crippen LogP contribution in [0.2, 0.25) is 0 Å². The fourth-order valence-electron chi connectivity index (χ4n) is 2.29. The summed E-state index contributed by atoms with van der Waals surface area (Å²) in [6.07, 6.45) is 0.611. The summed E-state index contributed by atoms with van der Waals surface area (Å²) in [6, 6.07) is 19.4. The number of carbonyl (C=O) groups is 1. The van der Waals surface area contributed by atoms with Crippen molar-refractivity contribution in [3.63, 3.8) is 0 Å². The molecule has 22 heavy (non-hydrogen) atoms. The highest BCUT2D eigenvalue weighted by atomic mass is 16.4. The number of hydrogen-bond donors (Lipinski definition) is 2. The zero-order valence-corrected chi connectivity index (χ0v) is 11.8. The van der Waals surface area contributed by atoms with E-state index in [0.29, 0.717) is 17.9 Å². The van der Waals surface area contributed by atoms with Crippen molar-refractivity contribution in [2.45, 2.75) is 6.54 Å². The Labute approximate surface area is 127 Å². The highest BCUT2D eigenvalue weighted by molar-refractivity contribution is 5.88. The van der Waals surface area contributed by atoms with Crippen LogP contribution in [-0.2, 0) is 6.54 Å². The summed E-state index contributed by atoms with van der Waals surface area (Å²) in [6.45, 7) is 0.585. The second-order valence-corrected chi connectivity index (χ2v) is 4.87. The fourth-order valence-corrected chi connectivity index (χ4v) is 2.29. The van der Waals surface area contributed by atoms with Crippen molar-refractivity contribution >= 4 is 11.8 Å². The maximum atomic E-state index is 11.0. The van der Waals surface area contributed by atoms with E-state index in [-0.39, 0.29) is 0 Å². The number of anilines is 1. The molecular formula is C17H15N3O2. The quantitative estimate of drug-likeness (QED) is 0.771. The molecule has 0 saturated heterocycles. The molecule has 1 aromatic heterocycles. The molecule has 5 heteroatoms. The van der Waals surface area contributed by atoms with Gasteiger partial charge in [0, 0.05) is 11.8 Å². The Kier molecular flexibility index (Phi) is 3.87. The van der Waals surface area contributed by atoms with Gasteiger partial charge in [0.25, 0.3) is 0 Å². The first-order valence-electron chi connectivity index (χ1n) is 6.89. The van der Waals surface area contributed by atoms with Gasteiger partial charge >= 0.3 is 6.09 Å². The van der Waals surface area contributed by atoms with Gasteiger partial charge in [-0.1, -0.05) is 60.7 Å². The van der Waals surface area contributed by atoms with Crippen LogP contribution in [0, 0.1) is 0 Å². The van der Waals surface area contributed by atoms with E-state index in [1.54, 1.807) is 10.9 Å². The fraction of sp³-hybridized carbons (Fsp3) is 0.0588. The normalized spacial score (nSPS) is 10.4. The molecule has 3 aromatic rings. The third kappa shape index (κ3) is 3.15. The predicted molar refractivity (Wildman–Crippen MR) is 84.9 cm³/mol. The van der Waals surface area contributed by atoms with E-state index < -0.39 is 6.09 Å². The number of carboxylic acid groups (broad SMARTS) is 1. The van der Waals surface area contributed by atoms with Gasteiger partial charge in [0.2, 0.25) is 0 Å². The Morgan fingerprint density at radius 1 is 1.05 bits per heavy atom. The minimum atomic E-state index is -1.10. The van der Waals surface area contributed by atoms with Crippen molar-refractivity contribution in [1.29, 1.82) is 0 Å². The Hall–Kier alpha value is -3.08. The van der Waals surface area contributed by atoms with Crippen molar-refractivity contribution in [2.75, 3.05) is 5.32 Å². The summed E-state index contributed by atoms with van der Waals surface area (Å²) >= 11 is 0. The lowest BCUT2D eigenvalue weighted by Gasteiger charge is -2.01. The van der Waals surface area contributed by atoms with Crippen LogP contribution in [0.5, 0.6) is 0 Å². The van der Waals surface area contributed by atoms with E-state index >= 15 is 0 Å². The smallest absolute Gasteiger partial charge is 0.409 e. The average molecular weight is 293 g/mol. The van der Waals surface area contributed by atoms with Crippen molar-refractivity contribution in [2.24, 2.45) is 0 Å². The first-order valence-corrected chi connectivity index (χ1v) is 6.89. The minimum Gasteiger partial charge on any atom is -0.465 e. The highest BCUT2D eigenvalue weighted by Crippen LogP contribution is 2.26. The number of aromatic nitrogens is 2. The lowest BCUT2D eigenvalue weighted by atomic mass is 10.1. The molecule has 0 aliphatic rings. The van der Waals surface area contributed by atoms with Crippen LogP contribution in [0.1, 0.15) is 5.56 Å². The van der Waals surface area contributed by atoms with Gasteiger partial charge in [-0.2, -0.15) is 5.10 Å². The van der Waals surface area contributed by atoms with E-state index in [9.17, 15) is 4.79 Å². The molecule has 0 radical (unpaired) electrons. The molecule has 0 bridgehead atoms. The summed E-state index contributed by atoms with van der Waals surface area (Å²) < 4.78 is 1.74. The summed E-state index contributed by atoms with van der Waals surface area (Å²) in [5.74, 6) is 0. The van der Waals surface area contributed by atoms with Crippen LogP contribution >= 0.6 is 0 Å². The van der Waals surface area contributed by atoms with Gasteiger partial charge in [0.05, 0.1) is 12.2 Å². The SMILES string of the molecule is O=C(O)Nc1cn(Cc2ccccc2)nc1-c1ccccc1. The Morgan fingerprint density at radius 3 is 2.32 bits per heavy atom. The van der Waals surface area contributed by atoms with Crippen molar-refractivity contribution in [3.05, 3.63) is 72.4 Å². The molecular weight excluding hydrogens is 278 g/mol. The lowest BCUT2D eigenvalue weighted by Crippen LogP contribution is -2.07. The number of nitrogens with one attached hydrogen (secondary N) is 1. The van der Waals surface area contributed by atoms with Gasteiger partial charge in [-0.05, 0) is 5.56 Å². The van der Waals surface area contributed by atoms with E-state index in [1.165, 1.54) is 0 Å². The maximum Gasteiger partial charge on any atom is 0.409 e. The predicted octanol–water partition coefficient (Wildman–Crippen LogP) is 3.69. The first kappa shape index (κ1) is 13.9. The maximum absolute atomic E-state index is 11.0. The van der Waals surface area contributed by atoms with Crippen LogP contribution in [-0.4, -0.2) is 21.0 Å². The van der Waals surface area contributed by atoms with Crippen molar-refractivity contribution in [3.8, 4) is 11.3 Å². The molecule has 0 aliphatic heterocycles. The third-order valence-electron chi connectivity index (χ3n) is 3.24. The highest BCUT2D eigenvalue weighted by Gasteiger charge is 2.13. The van der Waals surface area contributed by atoms with E-state index in [1.807, 2.05) is 60.7 Å². The average Bonchev–Trinajstić information content (AvgIpc) is 2.91. The molecule has 0 aliphatic carbocycles. The second kappa shape index (κ2) is 6.13. The van der Waals surface area contributed by atoms with Crippen LogP contribution in [0.15, 0.2) is 66.9 Å². The van der Waals surface area contributed by atoms with Gasteiger partial charge < -0.3 is 5.11 Å². The van der Waals surface area contributed by atoms with Crippen LogP contribution in [0.3, 0.4) is 0 Å². The van der Waals surface area contributed by atoms with Gasteiger partial charge in [-0.15, -0.1) is 0 Å². The standard InChI is InChI=1S/C17H15N3O2/c21-17(22)18-15-12-20(11-13-7-3-1-4-8-13)19-16(15)14-9-5-2-6-10-14/h1-10,12,18H,11H2,(H,21,22). The van der Waals surface area contributed by atoms with Gasteiger partial charge in [0.15, 0.2) is 0 Å². The zero-order chi connectivity index (χ0) is 15.4. The summed E-state index contributed by atoms with van der Waals surface area (Å²) in [5.41, 5.74) is 3.08. The van der Waals surface area contributed by atoms with Gasteiger partial charge in [0.1, 0.15) is 5.69 Å². The molecule has 0 atom stereocenters. The number of nitrogens with zero attached hydrogens (tertiary/aromatic N) is 2. The number of hydrogen-bond acceptors (Lipinski definition) is 2.